The first-order valence-electron chi connectivity index (χ1n) is 14.8. The molecule has 0 N–H and O–H groups in total. The van der Waals surface area contributed by atoms with Crippen LogP contribution in [0, 0.1) is 33.6 Å². The summed E-state index contributed by atoms with van der Waals surface area (Å²) in [6.07, 6.45) is 0.126. The lowest BCUT2D eigenvalue weighted by atomic mass is 9.97. The van der Waals surface area contributed by atoms with Gasteiger partial charge < -0.3 is 53.9 Å². The van der Waals surface area contributed by atoms with Gasteiger partial charge in [0, 0.05) is 6.42 Å². The van der Waals surface area contributed by atoms with Crippen molar-refractivity contribution in [2.75, 3.05) is 6.16 Å². The highest BCUT2D eigenvalue weighted by Crippen LogP contribution is 2.51. The maximum absolute atomic E-state index is 13.7. The molecule has 4 rings (SSSR count). The molecule has 0 radical (unpaired) electrons. The first-order chi connectivity index (χ1) is 23.2. The van der Waals surface area contributed by atoms with E-state index in [9.17, 15) is 33.3 Å². The van der Waals surface area contributed by atoms with E-state index in [0.29, 0.717) is 0 Å². The van der Waals surface area contributed by atoms with Gasteiger partial charge in [-0.05, 0) is 47.0 Å². The van der Waals surface area contributed by atoms with Crippen LogP contribution in [0.25, 0.3) is 0 Å². The van der Waals surface area contributed by atoms with Crippen molar-refractivity contribution in [3.63, 3.8) is 0 Å². The van der Waals surface area contributed by atoms with Gasteiger partial charge in [-0.15, -0.1) is 0 Å². The highest BCUT2D eigenvalue weighted by Gasteiger charge is 2.29. The van der Waals surface area contributed by atoms with Crippen molar-refractivity contribution in [2.45, 2.75) is 86.2 Å². The summed E-state index contributed by atoms with van der Waals surface area (Å²) < 4.78 is 73.8. The van der Waals surface area contributed by atoms with E-state index in [1.165, 1.54) is 27.7 Å². The van der Waals surface area contributed by atoms with Gasteiger partial charge in [-0.1, -0.05) is 6.42 Å². The molecule has 0 aromatic carbocycles. The third-order valence-electron chi connectivity index (χ3n) is 7.10. The summed E-state index contributed by atoms with van der Waals surface area (Å²) in [6, 6.07) is 0. The summed E-state index contributed by atoms with van der Waals surface area (Å²) in [5.74, 6) is -5.61. The van der Waals surface area contributed by atoms with Gasteiger partial charge in [-0.3, -0.25) is 14.2 Å². The van der Waals surface area contributed by atoms with Gasteiger partial charge in [-0.2, -0.15) is 0 Å². The smallest absolute Gasteiger partial charge is 0.457 e. The molecule has 20 heteroatoms. The zero-order valence-electron chi connectivity index (χ0n) is 26.9. The van der Waals surface area contributed by atoms with Crippen LogP contribution in [0.5, 0.6) is 0 Å². The Bertz CT molecular complexity index is 1940. The molecule has 0 aliphatic rings. The van der Waals surface area contributed by atoms with Crippen molar-refractivity contribution in [3.8, 4) is 0 Å². The zero-order valence-corrected chi connectivity index (χ0v) is 27.7. The molecule has 4 aromatic rings. The highest BCUT2D eigenvalue weighted by molar-refractivity contribution is 7.53. The Morgan fingerprint density at radius 3 is 1.39 bits per heavy atom. The second-order valence-corrected chi connectivity index (χ2v) is 12.8. The van der Waals surface area contributed by atoms with Crippen molar-refractivity contribution >= 4 is 19.5 Å². The highest BCUT2D eigenvalue weighted by atomic mass is 31.2. The minimum atomic E-state index is -3.97. The summed E-state index contributed by atoms with van der Waals surface area (Å²) in [6.45, 7) is 4.18. The van der Waals surface area contributed by atoms with Crippen molar-refractivity contribution in [3.05, 3.63) is 88.5 Å². The third kappa shape index (κ3) is 10.8. The fraction of sp³-hybridized carbons (Fsp3) is 0.517. The maximum atomic E-state index is 13.7. The third-order valence-corrected chi connectivity index (χ3v) is 9.01. The van der Waals surface area contributed by atoms with Gasteiger partial charge in [-0.25, -0.2) is 19.2 Å². The van der Waals surface area contributed by atoms with Crippen molar-refractivity contribution in [1.29, 1.82) is 0 Å². The number of carbonyl (C=O) groups excluding carboxylic acids is 2. The summed E-state index contributed by atoms with van der Waals surface area (Å²) in [5.41, 5.74) is 0. The second-order valence-electron chi connectivity index (χ2n) is 10.6. The van der Waals surface area contributed by atoms with E-state index < -0.39 is 68.6 Å². The number of hydrogen-bond acceptors (Lipinski definition) is 19. The Labute approximate surface area is 274 Å². The summed E-state index contributed by atoms with van der Waals surface area (Å²) in [5, 5.41) is 0. The van der Waals surface area contributed by atoms with E-state index in [1.54, 1.807) is 0 Å². The lowest BCUT2D eigenvalue weighted by molar-refractivity contribution is -0.152. The van der Waals surface area contributed by atoms with E-state index in [1.807, 2.05) is 0 Å². The van der Waals surface area contributed by atoms with Gasteiger partial charge in [0.1, 0.15) is 24.7 Å². The molecule has 0 aliphatic carbocycles. The van der Waals surface area contributed by atoms with Gasteiger partial charge in [0.15, 0.2) is 47.8 Å². The van der Waals surface area contributed by atoms with Crippen LogP contribution in [-0.2, 0) is 59.1 Å². The van der Waals surface area contributed by atoms with E-state index in [0.717, 1.165) is 0 Å². The molecule has 1 atom stereocenters. The van der Waals surface area contributed by atoms with Gasteiger partial charge in [0.25, 0.3) is 0 Å². The fourth-order valence-corrected chi connectivity index (χ4v) is 5.92. The monoisotopic (exact) mass is 716 g/mol. The van der Waals surface area contributed by atoms with Crippen molar-refractivity contribution in [2.24, 2.45) is 5.92 Å². The largest absolute Gasteiger partial charge is 0.519 e. The number of aryl methyl sites for hydroxylation is 4. The summed E-state index contributed by atoms with van der Waals surface area (Å²) in [4.78, 5) is 70.9. The Kier molecular flexibility index (Phi) is 12.4. The molecule has 0 saturated carbocycles. The molecule has 0 saturated heterocycles. The topological polar surface area (TPSA) is 262 Å². The molecule has 0 spiro atoms. The number of rotatable bonds is 19. The average molecular weight is 717 g/mol. The Morgan fingerprint density at radius 1 is 0.571 bits per heavy atom. The van der Waals surface area contributed by atoms with Crippen LogP contribution in [0.1, 0.15) is 78.2 Å². The van der Waals surface area contributed by atoms with Gasteiger partial charge in [0.2, 0.25) is 0 Å². The molecule has 4 aromatic heterocycles. The Hall–Kier alpha value is -4.87. The number of esters is 2. The fourth-order valence-electron chi connectivity index (χ4n) is 4.35. The summed E-state index contributed by atoms with van der Waals surface area (Å²) >= 11 is 0. The van der Waals surface area contributed by atoms with Crippen LogP contribution in [0.3, 0.4) is 0 Å². The van der Waals surface area contributed by atoms with Crippen LogP contribution in [0.15, 0.2) is 54.5 Å². The van der Waals surface area contributed by atoms with Crippen LogP contribution < -0.4 is 23.3 Å². The molecular weight excluding hydrogens is 683 g/mol. The quantitative estimate of drug-likeness (QED) is 0.0751. The maximum Gasteiger partial charge on any atom is 0.519 e. The minimum absolute atomic E-state index is 0.0103. The Balaban J connectivity index is 1.38. The summed E-state index contributed by atoms with van der Waals surface area (Å²) in [7, 11) is -3.97. The molecule has 268 valence electrons. The zero-order chi connectivity index (χ0) is 35.7. The predicted molar refractivity (Wildman–Crippen MR) is 156 cm³/mol. The Morgan fingerprint density at radius 2 is 0.980 bits per heavy atom. The number of ether oxygens (including phenoxy) is 2. The molecule has 49 heavy (non-hydrogen) atoms. The lowest BCUT2D eigenvalue weighted by Gasteiger charge is -2.19. The minimum Gasteiger partial charge on any atom is -0.457 e. The molecule has 19 nitrogen and oxygen atoms in total. The number of hydrogen-bond donors (Lipinski definition) is 0. The van der Waals surface area contributed by atoms with Crippen LogP contribution in [0.2, 0.25) is 0 Å². The second kappa shape index (κ2) is 16.5. The van der Waals surface area contributed by atoms with Gasteiger partial charge in [0.05, 0.1) is 12.1 Å². The van der Waals surface area contributed by atoms with Crippen molar-refractivity contribution in [1.82, 2.24) is 0 Å². The molecule has 4 heterocycles. The van der Waals surface area contributed by atoms with Crippen LogP contribution in [0.4, 0.5) is 0 Å². The molecule has 0 bridgehead atoms. The van der Waals surface area contributed by atoms with E-state index in [2.05, 4.69) is 0 Å². The van der Waals surface area contributed by atoms with E-state index in [-0.39, 0.29) is 91.0 Å². The van der Waals surface area contributed by atoms with Crippen LogP contribution >= 0.6 is 7.60 Å². The first-order valence-corrected chi connectivity index (χ1v) is 16.5. The standard InChI is InChI=1S/C29H33O19P/c1-15-20(45-26(32)41-15)11-37-24(30)9-8-19(25(31)38-12-21-16(2)42-27(33)46-21)7-5-6-10-49(36,39-13-22-17(3)43-28(34)47-22)40-14-23-18(4)44-29(35)48-23/h19H,5-14H2,1-4H3. The molecule has 0 fully saturated rings. The molecule has 1 unspecified atom stereocenters. The molecular formula is C29H33O19P. The van der Waals surface area contributed by atoms with Crippen LogP contribution in [-0.4, -0.2) is 18.1 Å². The van der Waals surface area contributed by atoms with Crippen molar-refractivity contribution < 1.29 is 68.0 Å². The van der Waals surface area contributed by atoms with E-state index in [4.69, 9.17) is 53.9 Å². The normalized spacial score (nSPS) is 12.3. The number of carbonyl (C=O) groups is 2. The van der Waals surface area contributed by atoms with Gasteiger partial charge >= 0.3 is 42.8 Å². The van der Waals surface area contributed by atoms with E-state index >= 15 is 0 Å². The lowest BCUT2D eigenvalue weighted by Crippen LogP contribution is -2.20. The SMILES string of the molecule is Cc1oc(=O)oc1COC(=O)CCC(CCCCP(=O)(OCc1oc(=O)oc1C)OCc1oc(=O)oc1C)C(=O)OCc1oc(=O)oc1C. The molecule has 0 amide bonds. The number of unbranched alkanes of at least 4 members (excludes halogenated alkanes) is 1. The first kappa shape index (κ1) is 37.0. The predicted octanol–water partition coefficient (Wildman–Crippen LogP) is 4.09. The average Bonchev–Trinajstić information content (AvgIpc) is 3.75. The molecule has 0 aliphatic heterocycles.